The van der Waals surface area contributed by atoms with E-state index in [1.165, 1.54) is 0 Å². The minimum Gasteiger partial charge on any atom is -0.330 e. The second-order valence-electron chi connectivity index (χ2n) is 2.12. The molecular formula is C6H17N3. The number of hydrogen-bond acceptors (Lipinski definition) is 3. The normalized spacial score (nSPS) is 13.7. The molecule has 1 atom stereocenters. The van der Waals surface area contributed by atoms with Crippen molar-refractivity contribution in [2.75, 3.05) is 27.2 Å². The van der Waals surface area contributed by atoms with Gasteiger partial charge in [0.05, 0.1) is 0 Å². The van der Waals surface area contributed by atoms with Gasteiger partial charge in [0.2, 0.25) is 0 Å². The number of nitrogens with one attached hydrogen (secondary N) is 2. The molecule has 0 rings (SSSR count). The molecule has 0 aliphatic heterocycles. The lowest BCUT2D eigenvalue weighted by Gasteiger charge is -2.13. The van der Waals surface area contributed by atoms with E-state index in [9.17, 15) is 0 Å². The molecule has 3 heteroatoms. The summed E-state index contributed by atoms with van der Waals surface area (Å²) in [6.07, 6.45) is 1.04. The van der Waals surface area contributed by atoms with Crippen LogP contribution in [0.1, 0.15) is 6.42 Å². The van der Waals surface area contributed by atoms with Crippen LogP contribution in [0.15, 0.2) is 0 Å². The Morgan fingerprint density at radius 2 is 2.11 bits per heavy atom. The number of hydrogen-bond donors (Lipinski definition) is 3. The first-order chi connectivity index (χ1) is 4.35. The van der Waals surface area contributed by atoms with Crippen LogP contribution >= 0.6 is 0 Å². The van der Waals surface area contributed by atoms with E-state index in [1.807, 2.05) is 14.1 Å². The van der Waals surface area contributed by atoms with Gasteiger partial charge in [0.25, 0.3) is 0 Å². The van der Waals surface area contributed by atoms with Crippen molar-refractivity contribution in [1.29, 1.82) is 0 Å². The maximum atomic E-state index is 5.37. The van der Waals surface area contributed by atoms with Crippen LogP contribution < -0.4 is 16.4 Å². The fraction of sp³-hybridized carbons (Fsp3) is 1.00. The van der Waals surface area contributed by atoms with Gasteiger partial charge in [-0.25, -0.2) is 0 Å². The van der Waals surface area contributed by atoms with Crippen molar-refractivity contribution in [2.45, 2.75) is 12.5 Å². The lowest BCUT2D eigenvalue weighted by Crippen LogP contribution is -2.36. The van der Waals surface area contributed by atoms with Crippen LogP contribution in [0.25, 0.3) is 0 Å². The van der Waals surface area contributed by atoms with Crippen molar-refractivity contribution in [3.8, 4) is 0 Å². The van der Waals surface area contributed by atoms with Crippen molar-refractivity contribution >= 4 is 0 Å². The molecule has 0 radical (unpaired) electrons. The average Bonchev–Trinajstić information content (AvgIpc) is 1.88. The summed E-state index contributed by atoms with van der Waals surface area (Å²) in [5.74, 6) is 0. The van der Waals surface area contributed by atoms with Gasteiger partial charge in [-0.05, 0) is 27.1 Å². The maximum Gasteiger partial charge on any atom is 0.0201 e. The lowest BCUT2D eigenvalue weighted by atomic mass is 10.2. The highest BCUT2D eigenvalue weighted by molar-refractivity contribution is 4.65. The first-order valence-electron chi connectivity index (χ1n) is 3.37. The molecule has 3 nitrogen and oxygen atoms in total. The van der Waals surface area contributed by atoms with Gasteiger partial charge < -0.3 is 16.4 Å². The van der Waals surface area contributed by atoms with Crippen molar-refractivity contribution in [3.05, 3.63) is 0 Å². The van der Waals surface area contributed by atoms with Crippen LogP contribution in [0.5, 0.6) is 0 Å². The summed E-state index contributed by atoms with van der Waals surface area (Å²) in [4.78, 5) is 0. The topological polar surface area (TPSA) is 50.1 Å². The van der Waals surface area contributed by atoms with E-state index in [0.717, 1.165) is 19.5 Å². The van der Waals surface area contributed by atoms with Gasteiger partial charge >= 0.3 is 0 Å². The minimum absolute atomic E-state index is 0.528. The summed E-state index contributed by atoms with van der Waals surface area (Å²) < 4.78 is 0. The monoisotopic (exact) mass is 131 g/mol. The average molecular weight is 131 g/mol. The van der Waals surface area contributed by atoms with Crippen LogP contribution in [-0.4, -0.2) is 33.2 Å². The molecule has 0 aromatic heterocycles. The van der Waals surface area contributed by atoms with E-state index in [1.54, 1.807) is 0 Å². The largest absolute Gasteiger partial charge is 0.330 e. The predicted octanol–water partition coefficient (Wildman–Crippen LogP) is -0.857. The second kappa shape index (κ2) is 6.01. The number of likely N-dealkylation sites (N-methyl/N-ethyl adjacent to an activating group) is 2. The molecule has 0 heterocycles. The van der Waals surface area contributed by atoms with E-state index in [4.69, 9.17) is 5.73 Å². The Bertz CT molecular complexity index is 50.3. The molecule has 0 spiro atoms. The summed E-state index contributed by atoms with van der Waals surface area (Å²) in [5, 5.41) is 6.25. The Morgan fingerprint density at radius 3 is 2.44 bits per heavy atom. The molecule has 9 heavy (non-hydrogen) atoms. The van der Waals surface area contributed by atoms with Crippen LogP contribution in [0, 0.1) is 0 Å². The molecule has 4 N–H and O–H groups in total. The molecule has 0 aliphatic rings. The number of nitrogens with two attached hydrogens (primary N) is 1. The smallest absolute Gasteiger partial charge is 0.0201 e. The van der Waals surface area contributed by atoms with E-state index < -0.39 is 0 Å². The van der Waals surface area contributed by atoms with Crippen LogP contribution in [0.2, 0.25) is 0 Å². The quantitative estimate of drug-likeness (QED) is 0.455. The molecule has 0 aliphatic carbocycles. The Balaban J connectivity index is 3.18. The molecule has 0 fully saturated rings. The van der Waals surface area contributed by atoms with E-state index in [-0.39, 0.29) is 0 Å². The Hall–Kier alpha value is -0.120. The lowest BCUT2D eigenvalue weighted by molar-refractivity contribution is 0.505. The van der Waals surface area contributed by atoms with Crippen molar-refractivity contribution < 1.29 is 0 Å². The molecule has 1 unspecified atom stereocenters. The van der Waals surface area contributed by atoms with Crippen LogP contribution in [-0.2, 0) is 0 Å². The van der Waals surface area contributed by atoms with Crippen molar-refractivity contribution in [3.63, 3.8) is 0 Å². The van der Waals surface area contributed by atoms with E-state index >= 15 is 0 Å². The minimum atomic E-state index is 0.528. The zero-order chi connectivity index (χ0) is 7.11. The van der Waals surface area contributed by atoms with Crippen molar-refractivity contribution in [2.24, 2.45) is 5.73 Å². The fourth-order valence-electron chi connectivity index (χ4n) is 0.796. The Morgan fingerprint density at radius 1 is 1.44 bits per heavy atom. The first kappa shape index (κ1) is 8.88. The van der Waals surface area contributed by atoms with Gasteiger partial charge in [0.1, 0.15) is 0 Å². The summed E-state index contributed by atoms with van der Waals surface area (Å²) in [7, 11) is 3.90. The Kier molecular flexibility index (Phi) is 5.93. The van der Waals surface area contributed by atoms with Gasteiger partial charge in [-0.3, -0.25) is 0 Å². The third-order valence-corrected chi connectivity index (χ3v) is 1.37. The van der Waals surface area contributed by atoms with Gasteiger partial charge in [0.15, 0.2) is 0 Å². The molecule has 0 amide bonds. The van der Waals surface area contributed by atoms with Gasteiger partial charge in [-0.15, -0.1) is 0 Å². The van der Waals surface area contributed by atoms with E-state index in [2.05, 4.69) is 10.6 Å². The Labute approximate surface area is 57.0 Å². The van der Waals surface area contributed by atoms with Gasteiger partial charge in [0, 0.05) is 12.6 Å². The molecule has 56 valence electrons. The summed E-state index contributed by atoms with van der Waals surface area (Å²) in [6.45, 7) is 1.75. The molecule has 0 bridgehead atoms. The summed E-state index contributed by atoms with van der Waals surface area (Å²) >= 11 is 0. The zero-order valence-corrected chi connectivity index (χ0v) is 6.28. The molecule has 0 saturated heterocycles. The maximum absolute atomic E-state index is 5.37. The highest BCUT2D eigenvalue weighted by atomic mass is 14.9. The third-order valence-electron chi connectivity index (χ3n) is 1.37. The molecule has 0 aromatic carbocycles. The van der Waals surface area contributed by atoms with Crippen molar-refractivity contribution in [1.82, 2.24) is 10.6 Å². The molecule has 0 saturated carbocycles. The predicted molar refractivity (Wildman–Crippen MR) is 40.4 cm³/mol. The SMILES string of the molecule is CNCC(CCN)NC. The highest BCUT2D eigenvalue weighted by Crippen LogP contribution is 1.84. The van der Waals surface area contributed by atoms with Gasteiger partial charge in [-0.2, -0.15) is 0 Å². The second-order valence-corrected chi connectivity index (χ2v) is 2.12. The number of rotatable bonds is 5. The fourth-order valence-corrected chi connectivity index (χ4v) is 0.796. The standard InChI is InChI=1S/C6H17N3/c1-8-5-6(9-2)3-4-7/h6,8-9H,3-5,7H2,1-2H3. The zero-order valence-electron chi connectivity index (χ0n) is 6.28. The molecule has 0 aromatic rings. The third kappa shape index (κ3) is 4.39. The summed E-state index contributed by atoms with van der Waals surface area (Å²) in [5.41, 5.74) is 5.37. The van der Waals surface area contributed by atoms with E-state index in [0.29, 0.717) is 6.04 Å². The van der Waals surface area contributed by atoms with Crippen LogP contribution in [0.4, 0.5) is 0 Å². The first-order valence-corrected chi connectivity index (χ1v) is 3.37. The summed E-state index contributed by atoms with van der Waals surface area (Å²) in [6, 6.07) is 0.528. The highest BCUT2D eigenvalue weighted by Gasteiger charge is 2.00. The van der Waals surface area contributed by atoms with Gasteiger partial charge in [-0.1, -0.05) is 0 Å². The van der Waals surface area contributed by atoms with Crippen LogP contribution in [0.3, 0.4) is 0 Å². The molecular weight excluding hydrogens is 114 g/mol.